The van der Waals surface area contributed by atoms with Gasteiger partial charge in [0.05, 0.1) is 11.8 Å². The van der Waals surface area contributed by atoms with Crippen molar-refractivity contribution in [3.63, 3.8) is 0 Å². The Bertz CT molecular complexity index is 1290. The molecule has 212 valence electrons. The van der Waals surface area contributed by atoms with Gasteiger partial charge < -0.3 is 9.68 Å². The highest BCUT2D eigenvalue weighted by Crippen LogP contribution is 2.52. The molecule has 2 fully saturated rings. The van der Waals surface area contributed by atoms with Crippen LogP contribution in [0.2, 0.25) is 0 Å². The summed E-state index contributed by atoms with van der Waals surface area (Å²) >= 11 is 0. The van der Waals surface area contributed by atoms with Crippen LogP contribution in [0.1, 0.15) is 115 Å². The largest absolute Gasteiger partial charge is 0.338 e. The van der Waals surface area contributed by atoms with Crippen LogP contribution in [0.15, 0.2) is 52.8 Å². The van der Waals surface area contributed by atoms with Crippen LogP contribution in [-0.2, 0) is 24.7 Å². The second-order valence-electron chi connectivity index (χ2n) is 11.7. The monoisotopic (exact) mass is 542 g/mol. The van der Waals surface area contributed by atoms with Gasteiger partial charge in [-0.05, 0) is 73.8 Å². The minimum atomic E-state index is -0.297. The fourth-order valence-corrected chi connectivity index (χ4v) is 7.02. The Kier molecular flexibility index (Phi) is 8.82. The summed E-state index contributed by atoms with van der Waals surface area (Å²) in [4.78, 5) is 36.6. The van der Waals surface area contributed by atoms with Gasteiger partial charge in [-0.15, -0.1) is 0 Å². The van der Waals surface area contributed by atoms with E-state index in [1.807, 2.05) is 6.07 Å². The summed E-state index contributed by atoms with van der Waals surface area (Å²) in [5, 5.41) is 8.60. The number of benzene rings is 2. The molecule has 0 atom stereocenters. The predicted octanol–water partition coefficient (Wildman–Crippen LogP) is 8.10. The Morgan fingerprint density at radius 1 is 0.750 bits per heavy atom. The molecule has 0 bridgehead atoms. The van der Waals surface area contributed by atoms with E-state index in [0.29, 0.717) is 11.4 Å². The van der Waals surface area contributed by atoms with Gasteiger partial charge in [-0.3, -0.25) is 0 Å². The first kappa shape index (κ1) is 28.3. The van der Waals surface area contributed by atoms with Crippen molar-refractivity contribution in [3.05, 3.63) is 59.2 Å². The van der Waals surface area contributed by atoms with Crippen LogP contribution in [0.4, 0.5) is 0 Å². The van der Waals surface area contributed by atoms with E-state index in [9.17, 15) is 9.59 Å². The molecule has 0 unspecified atom stereocenters. The Hall–Kier alpha value is -3.28. The lowest BCUT2D eigenvalue weighted by Gasteiger charge is -2.30. The molecule has 40 heavy (non-hydrogen) atoms. The van der Waals surface area contributed by atoms with Gasteiger partial charge in [0.2, 0.25) is 0 Å². The summed E-state index contributed by atoms with van der Waals surface area (Å²) in [5.74, 6) is -0.822. The van der Waals surface area contributed by atoms with Crippen LogP contribution in [-0.4, -0.2) is 23.4 Å². The van der Waals surface area contributed by atoms with Crippen molar-refractivity contribution in [2.24, 2.45) is 22.1 Å². The van der Waals surface area contributed by atoms with E-state index in [0.717, 1.165) is 82.6 Å². The summed E-state index contributed by atoms with van der Waals surface area (Å²) < 4.78 is 0. The van der Waals surface area contributed by atoms with Crippen molar-refractivity contribution in [2.75, 3.05) is 0 Å². The van der Waals surface area contributed by atoms with Gasteiger partial charge in [0.1, 0.15) is 11.4 Å². The van der Waals surface area contributed by atoms with Gasteiger partial charge in [-0.2, -0.15) is 0 Å². The van der Waals surface area contributed by atoms with Gasteiger partial charge in [0.25, 0.3) is 0 Å². The van der Waals surface area contributed by atoms with Gasteiger partial charge in [-0.25, -0.2) is 9.59 Å². The summed E-state index contributed by atoms with van der Waals surface area (Å²) in [6.07, 6.45) is 11.8. The van der Waals surface area contributed by atoms with Crippen molar-refractivity contribution in [1.82, 2.24) is 0 Å². The standard InChI is InChI=1S/C34H42N2O4/c1-4-34(5-2)29-19-13-12-18-27(29)28-21-20-26(22-30(28)34)31(36-40-33(38)25-16-10-7-11-17-25)23(3)35-39-32(37)24-14-8-6-9-15-24/h12-13,18-22,24-25H,4-11,14-17H2,1-3H3/b35-23+,36-31-. The molecule has 2 aromatic carbocycles. The van der Waals surface area contributed by atoms with Crippen LogP contribution in [0.25, 0.3) is 11.1 Å². The highest BCUT2D eigenvalue weighted by atomic mass is 16.7. The van der Waals surface area contributed by atoms with E-state index in [1.165, 1.54) is 22.3 Å². The van der Waals surface area contributed by atoms with Crippen molar-refractivity contribution in [3.8, 4) is 11.1 Å². The molecule has 0 aromatic heterocycles. The van der Waals surface area contributed by atoms with Crippen molar-refractivity contribution < 1.29 is 19.3 Å². The van der Waals surface area contributed by atoms with Crippen LogP contribution in [0, 0.1) is 11.8 Å². The van der Waals surface area contributed by atoms with Gasteiger partial charge in [0, 0.05) is 11.0 Å². The molecule has 0 saturated heterocycles. The zero-order valence-corrected chi connectivity index (χ0v) is 24.2. The van der Waals surface area contributed by atoms with Crippen molar-refractivity contribution in [1.29, 1.82) is 0 Å². The molecule has 5 rings (SSSR count). The average molecular weight is 543 g/mol. The topological polar surface area (TPSA) is 77.3 Å². The first-order valence-corrected chi connectivity index (χ1v) is 15.3. The predicted molar refractivity (Wildman–Crippen MR) is 158 cm³/mol. The molecule has 0 heterocycles. The van der Waals surface area contributed by atoms with E-state index >= 15 is 0 Å². The van der Waals surface area contributed by atoms with Crippen LogP contribution in [0.5, 0.6) is 0 Å². The number of rotatable bonds is 8. The number of fused-ring (bicyclic) bond motifs is 3. The van der Waals surface area contributed by atoms with E-state index in [-0.39, 0.29) is 29.2 Å². The maximum absolute atomic E-state index is 12.9. The molecule has 0 aliphatic heterocycles. The highest BCUT2D eigenvalue weighted by molar-refractivity contribution is 6.47. The summed E-state index contributed by atoms with van der Waals surface area (Å²) in [6, 6.07) is 14.9. The lowest BCUT2D eigenvalue weighted by molar-refractivity contribution is -0.150. The molecule has 0 N–H and O–H groups in total. The minimum Gasteiger partial charge on any atom is -0.318 e. The molecular weight excluding hydrogens is 500 g/mol. The second-order valence-corrected chi connectivity index (χ2v) is 11.7. The first-order chi connectivity index (χ1) is 19.5. The van der Waals surface area contributed by atoms with Gasteiger partial charge >= 0.3 is 11.9 Å². The fraction of sp³-hybridized carbons (Fsp3) is 0.529. The molecule has 0 spiro atoms. The third-order valence-electron chi connectivity index (χ3n) is 9.47. The molecule has 6 nitrogen and oxygen atoms in total. The van der Waals surface area contributed by atoms with E-state index in [2.05, 4.69) is 60.6 Å². The van der Waals surface area contributed by atoms with E-state index in [4.69, 9.17) is 9.68 Å². The van der Waals surface area contributed by atoms with Crippen molar-refractivity contribution in [2.45, 2.75) is 103 Å². The Labute approximate surface area is 238 Å². The normalized spacial score (nSPS) is 19.6. The molecular formula is C34H42N2O4. The Morgan fingerprint density at radius 2 is 1.30 bits per heavy atom. The molecule has 0 radical (unpaired) electrons. The fourth-order valence-electron chi connectivity index (χ4n) is 7.02. The number of hydrogen-bond donors (Lipinski definition) is 0. The quantitative estimate of drug-likeness (QED) is 0.192. The zero-order valence-electron chi connectivity index (χ0n) is 24.2. The second kappa shape index (κ2) is 12.5. The number of carbonyl (C=O) groups excluding carboxylic acids is 2. The molecule has 6 heteroatoms. The first-order valence-electron chi connectivity index (χ1n) is 15.3. The lowest BCUT2D eigenvalue weighted by atomic mass is 9.73. The molecule has 3 aliphatic rings. The average Bonchev–Trinajstić information content (AvgIpc) is 3.30. The third-order valence-corrected chi connectivity index (χ3v) is 9.47. The Balaban J connectivity index is 1.49. The lowest BCUT2D eigenvalue weighted by Crippen LogP contribution is -2.24. The number of hydrogen-bond acceptors (Lipinski definition) is 6. The molecule has 0 amide bonds. The third kappa shape index (κ3) is 5.50. The van der Waals surface area contributed by atoms with Crippen LogP contribution in [0.3, 0.4) is 0 Å². The van der Waals surface area contributed by atoms with Gasteiger partial charge in [0.15, 0.2) is 0 Å². The zero-order chi connectivity index (χ0) is 28.1. The van der Waals surface area contributed by atoms with Crippen molar-refractivity contribution >= 4 is 23.4 Å². The van der Waals surface area contributed by atoms with Crippen LogP contribution < -0.4 is 0 Å². The Morgan fingerprint density at radius 3 is 1.90 bits per heavy atom. The highest BCUT2D eigenvalue weighted by Gasteiger charge is 2.40. The molecule has 2 aromatic rings. The summed E-state index contributed by atoms with van der Waals surface area (Å²) in [7, 11) is 0. The van der Waals surface area contributed by atoms with Crippen LogP contribution >= 0.6 is 0 Å². The van der Waals surface area contributed by atoms with E-state index in [1.54, 1.807) is 6.92 Å². The molecule has 2 saturated carbocycles. The maximum atomic E-state index is 12.9. The SMILES string of the molecule is CCC1(CC)c2ccccc2-c2ccc(C(=N\OC(=O)C3CCCCC3)/C(C)=N/OC(=O)C3CCCCC3)cc21. The number of carbonyl (C=O) groups is 2. The summed E-state index contributed by atoms with van der Waals surface area (Å²) in [6.45, 7) is 6.23. The maximum Gasteiger partial charge on any atom is 0.338 e. The minimum absolute atomic E-state index is 0.107. The smallest absolute Gasteiger partial charge is 0.318 e. The summed E-state index contributed by atoms with van der Waals surface area (Å²) in [5.41, 5.74) is 6.60. The van der Waals surface area contributed by atoms with E-state index < -0.39 is 0 Å². The number of nitrogens with zero attached hydrogens (tertiary/aromatic N) is 2. The molecule has 3 aliphatic carbocycles. The number of oxime groups is 2. The van der Waals surface area contributed by atoms with Gasteiger partial charge in [-0.1, -0.05) is 99.1 Å².